The summed E-state index contributed by atoms with van der Waals surface area (Å²) < 4.78 is 4.91. The Balaban J connectivity index is 2.89. The Labute approximate surface area is 95.3 Å². The predicted octanol–water partition coefficient (Wildman–Crippen LogP) is 2.00. The van der Waals surface area contributed by atoms with Gasteiger partial charge in [-0.05, 0) is 20.3 Å². The van der Waals surface area contributed by atoms with Crippen molar-refractivity contribution < 1.29 is 19.4 Å². The molecule has 0 bridgehead atoms. The van der Waals surface area contributed by atoms with Crippen molar-refractivity contribution in [3.05, 3.63) is 11.1 Å². The minimum Gasteiger partial charge on any atom is -0.481 e. The topological polar surface area (TPSA) is 63.6 Å². The third-order valence-corrected chi connectivity index (χ3v) is 3.39. The van der Waals surface area contributed by atoms with Crippen LogP contribution in [0.25, 0.3) is 0 Å². The zero-order valence-corrected chi connectivity index (χ0v) is 10.2. The van der Waals surface area contributed by atoms with Gasteiger partial charge in [-0.1, -0.05) is 19.4 Å². The first-order valence-corrected chi connectivity index (χ1v) is 5.42. The third kappa shape index (κ3) is 1.96. The van der Waals surface area contributed by atoms with Gasteiger partial charge >= 0.3 is 11.9 Å². The predicted molar refractivity (Wildman–Crippen MR) is 58.9 cm³/mol. The first kappa shape index (κ1) is 12.7. The molecule has 0 saturated heterocycles. The number of rotatable bonds is 3. The van der Waals surface area contributed by atoms with E-state index < -0.39 is 17.3 Å². The van der Waals surface area contributed by atoms with E-state index >= 15 is 0 Å². The highest BCUT2D eigenvalue weighted by molar-refractivity contribution is 5.90. The number of carboxylic acids is 1. The first-order chi connectivity index (χ1) is 7.32. The molecule has 1 unspecified atom stereocenters. The number of ether oxygens (including phenoxy) is 1. The monoisotopic (exact) mass is 226 g/mol. The minimum absolute atomic E-state index is 0.339. The summed E-state index contributed by atoms with van der Waals surface area (Å²) in [5.74, 6) is -1.54. The van der Waals surface area contributed by atoms with E-state index in [4.69, 9.17) is 9.84 Å². The minimum atomic E-state index is -0.801. The second kappa shape index (κ2) is 4.28. The van der Waals surface area contributed by atoms with Crippen LogP contribution in [0.15, 0.2) is 11.1 Å². The van der Waals surface area contributed by atoms with E-state index in [2.05, 4.69) is 0 Å². The van der Waals surface area contributed by atoms with E-state index in [0.717, 1.165) is 5.57 Å². The van der Waals surface area contributed by atoms with Crippen LogP contribution in [0.4, 0.5) is 0 Å². The molecule has 4 nitrogen and oxygen atoms in total. The molecule has 1 fully saturated rings. The van der Waals surface area contributed by atoms with Crippen molar-refractivity contribution in [3.63, 3.8) is 0 Å². The third-order valence-electron chi connectivity index (χ3n) is 3.39. The summed E-state index contributed by atoms with van der Waals surface area (Å²) in [6.45, 7) is 7.50. The van der Waals surface area contributed by atoms with Crippen molar-refractivity contribution in [2.24, 2.45) is 11.3 Å². The Morgan fingerprint density at radius 3 is 2.44 bits per heavy atom. The zero-order chi connectivity index (χ0) is 12.5. The summed E-state index contributed by atoms with van der Waals surface area (Å²) in [4.78, 5) is 22.4. The lowest BCUT2D eigenvalue weighted by Gasteiger charge is -2.45. The summed E-state index contributed by atoms with van der Waals surface area (Å²) >= 11 is 0. The molecule has 1 rings (SSSR count). The van der Waals surface area contributed by atoms with Gasteiger partial charge in [0.2, 0.25) is 0 Å². The Bertz CT molecular complexity index is 352. The molecule has 0 aromatic heterocycles. The van der Waals surface area contributed by atoms with Crippen molar-refractivity contribution in [2.45, 2.75) is 34.1 Å². The number of carboxylic acid groups (broad SMARTS) is 1. The number of hydrogen-bond acceptors (Lipinski definition) is 3. The normalized spacial score (nSPS) is 25.6. The number of carbonyl (C=O) groups excluding carboxylic acids is 1. The van der Waals surface area contributed by atoms with Gasteiger partial charge in [0, 0.05) is 11.0 Å². The Hall–Kier alpha value is -1.32. The fourth-order valence-corrected chi connectivity index (χ4v) is 2.20. The summed E-state index contributed by atoms with van der Waals surface area (Å²) in [5.41, 5.74) is 1.02. The van der Waals surface area contributed by atoms with Crippen molar-refractivity contribution in [2.75, 3.05) is 6.61 Å². The lowest BCUT2D eigenvalue weighted by Crippen LogP contribution is -2.44. The Morgan fingerprint density at radius 2 is 2.06 bits per heavy atom. The average Bonchev–Trinajstić information content (AvgIpc) is 2.15. The van der Waals surface area contributed by atoms with Gasteiger partial charge in [0.25, 0.3) is 0 Å². The van der Waals surface area contributed by atoms with Gasteiger partial charge in [-0.25, -0.2) is 4.79 Å². The quantitative estimate of drug-likeness (QED) is 0.590. The van der Waals surface area contributed by atoms with Crippen LogP contribution in [0.5, 0.6) is 0 Å². The Morgan fingerprint density at radius 1 is 1.50 bits per heavy atom. The van der Waals surface area contributed by atoms with E-state index in [-0.39, 0.29) is 5.97 Å². The largest absolute Gasteiger partial charge is 0.481 e. The lowest BCUT2D eigenvalue weighted by atomic mass is 9.57. The highest BCUT2D eigenvalue weighted by atomic mass is 16.5. The highest BCUT2D eigenvalue weighted by Crippen LogP contribution is 2.52. The fraction of sp³-hybridized carbons (Fsp3) is 0.667. The standard InChI is InChI=1S/C12H18O4/c1-5-16-11(15)7(2)8-6-9(10(13)14)12(8,3)4/h9H,5-6H2,1-4H3,(H,13,14)/b8-7-. The van der Waals surface area contributed by atoms with Gasteiger partial charge in [0.05, 0.1) is 12.5 Å². The highest BCUT2D eigenvalue weighted by Gasteiger charge is 2.49. The van der Waals surface area contributed by atoms with Crippen molar-refractivity contribution in [1.82, 2.24) is 0 Å². The van der Waals surface area contributed by atoms with Crippen LogP contribution in [-0.2, 0) is 14.3 Å². The molecule has 1 atom stereocenters. The average molecular weight is 226 g/mol. The molecular weight excluding hydrogens is 208 g/mol. The number of allylic oxidation sites excluding steroid dienone is 1. The van der Waals surface area contributed by atoms with Crippen LogP contribution in [0.1, 0.15) is 34.1 Å². The zero-order valence-electron chi connectivity index (χ0n) is 10.2. The molecule has 1 aliphatic carbocycles. The van der Waals surface area contributed by atoms with Crippen molar-refractivity contribution >= 4 is 11.9 Å². The van der Waals surface area contributed by atoms with Crippen LogP contribution < -0.4 is 0 Å². The van der Waals surface area contributed by atoms with E-state index in [1.54, 1.807) is 13.8 Å². The Kier molecular flexibility index (Phi) is 3.41. The van der Waals surface area contributed by atoms with Gasteiger partial charge < -0.3 is 9.84 Å². The van der Waals surface area contributed by atoms with E-state index in [9.17, 15) is 9.59 Å². The molecule has 0 aromatic carbocycles. The number of esters is 1. The van der Waals surface area contributed by atoms with Gasteiger partial charge in [-0.3, -0.25) is 4.79 Å². The van der Waals surface area contributed by atoms with Gasteiger partial charge in [-0.2, -0.15) is 0 Å². The number of carbonyl (C=O) groups is 2. The summed E-state index contributed by atoms with van der Waals surface area (Å²) in [5, 5.41) is 8.97. The molecule has 16 heavy (non-hydrogen) atoms. The van der Waals surface area contributed by atoms with Gasteiger partial charge in [-0.15, -0.1) is 0 Å². The van der Waals surface area contributed by atoms with Crippen molar-refractivity contribution in [1.29, 1.82) is 0 Å². The van der Waals surface area contributed by atoms with E-state index in [0.29, 0.717) is 18.6 Å². The summed E-state index contributed by atoms with van der Waals surface area (Å²) in [6.07, 6.45) is 0.451. The summed E-state index contributed by atoms with van der Waals surface area (Å²) in [6, 6.07) is 0. The van der Waals surface area contributed by atoms with Crippen LogP contribution in [0, 0.1) is 11.3 Å². The van der Waals surface area contributed by atoms with Gasteiger partial charge in [0.15, 0.2) is 0 Å². The molecular formula is C12H18O4. The lowest BCUT2D eigenvalue weighted by molar-refractivity contribution is -0.149. The van der Waals surface area contributed by atoms with Crippen molar-refractivity contribution in [3.8, 4) is 0 Å². The first-order valence-electron chi connectivity index (χ1n) is 5.42. The molecule has 0 spiro atoms. The van der Waals surface area contributed by atoms with Gasteiger partial charge in [0.1, 0.15) is 0 Å². The maximum absolute atomic E-state index is 11.5. The van der Waals surface area contributed by atoms with Crippen LogP contribution in [-0.4, -0.2) is 23.7 Å². The number of aliphatic carboxylic acids is 1. The van der Waals surface area contributed by atoms with Crippen LogP contribution >= 0.6 is 0 Å². The summed E-state index contributed by atoms with van der Waals surface area (Å²) in [7, 11) is 0. The van der Waals surface area contributed by atoms with E-state index in [1.807, 2.05) is 13.8 Å². The second-order valence-corrected chi connectivity index (χ2v) is 4.64. The van der Waals surface area contributed by atoms with Crippen LogP contribution in [0.2, 0.25) is 0 Å². The smallest absolute Gasteiger partial charge is 0.333 e. The molecule has 1 N–H and O–H groups in total. The fourth-order valence-electron chi connectivity index (χ4n) is 2.20. The molecule has 0 heterocycles. The van der Waals surface area contributed by atoms with E-state index in [1.165, 1.54) is 0 Å². The molecule has 1 aliphatic rings. The van der Waals surface area contributed by atoms with Crippen LogP contribution in [0.3, 0.4) is 0 Å². The maximum atomic E-state index is 11.5. The molecule has 90 valence electrons. The molecule has 0 amide bonds. The second-order valence-electron chi connectivity index (χ2n) is 4.64. The molecule has 0 aromatic rings. The molecule has 0 aliphatic heterocycles. The molecule has 4 heteroatoms. The molecule has 1 saturated carbocycles. The maximum Gasteiger partial charge on any atom is 0.333 e. The number of hydrogen-bond donors (Lipinski definition) is 1. The molecule has 0 radical (unpaired) electrons. The SMILES string of the molecule is CCOC(=O)/C(C)=C1/CC(C(=O)O)C1(C)C.